The van der Waals surface area contributed by atoms with Gasteiger partial charge in [-0.25, -0.2) is 0 Å². The molecule has 2 saturated carbocycles. The first-order valence-corrected chi connectivity index (χ1v) is 7.86. The molecular formula is C16H28O2. The standard InChI is InChI=1S/C16H28O2/c1-13-9-11-16(18,12-10-13)15(17)8-7-14-5-3-2-4-6-14/h13-14,18H,2-12H2,1H3. The van der Waals surface area contributed by atoms with Crippen LogP contribution in [0.25, 0.3) is 0 Å². The summed E-state index contributed by atoms with van der Waals surface area (Å²) in [6.45, 7) is 2.21. The summed E-state index contributed by atoms with van der Waals surface area (Å²) in [6, 6.07) is 0. The van der Waals surface area contributed by atoms with Crippen molar-refractivity contribution in [3.05, 3.63) is 0 Å². The summed E-state index contributed by atoms with van der Waals surface area (Å²) in [7, 11) is 0. The number of rotatable bonds is 4. The normalized spacial score (nSPS) is 34.4. The third kappa shape index (κ3) is 3.57. The molecule has 0 spiro atoms. The largest absolute Gasteiger partial charge is 0.382 e. The second kappa shape index (κ2) is 6.18. The zero-order valence-corrected chi connectivity index (χ0v) is 11.8. The highest BCUT2D eigenvalue weighted by molar-refractivity contribution is 5.87. The van der Waals surface area contributed by atoms with Gasteiger partial charge in [-0.05, 0) is 43.9 Å². The molecule has 0 heterocycles. The molecule has 0 aromatic carbocycles. The van der Waals surface area contributed by atoms with Crippen LogP contribution in [0, 0.1) is 11.8 Å². The summed E-state index contributed by atoms with van der Waals surface area (Å²) >= 11 is 0. The van der Waals surface area contributed by atoms with Crippen LogP contribution in [0.4, 0.5) is 0 Å². The Kier molecular flexibility index (Phi) is 4.83. The molecule has 0 aromatic rings. The van der Waals surface area contributed by atoms with Gasteiger partial charge in [0.15, 0.2) is 5.78 Å². The molecule has 0 bridgehead atoms. The Morgan fingerprint density at radius 3 is 2.33 bits per heavy atom. The summed E-state index contributed by atoms with van der Waals surface area (Å²) in [4.78, 5) is 12.2. The van der Waals surface area contributed by atoms with Crippen molar-refractivity contribution in [3.63, 3.8) is 0 Å². The fraction of sp³-hybridized carbons (Fsp3) is 0.938. The minimum atomic E-state index is -0.971. The molecule has 2 heteroatoms. The van der Waals surface area contributed by atoms with Crippen LogP contribution in [0.15, 0.2) is 0 Å². The predicted octanol–water partition coefficient (Wildman–Crippen LogP) is 3.86. The molecule has 0 radical (unpaired) electrons. The first-order valence-electron chi connectivity index (χ1n) is 7.86. The number of hydrogen-bond acceptors (Lipinski definition) is 2. The Morgan fingerprint density at radius 1 is 1.11 bits per heavy atom. The highest BCUT2D eigenvalue weighted by atomic mass is 16.3. The molecule has 2 aliphatic rings. The van der Waals surface area contributed by atoms with E-state index in [4.69, 9.17) is 0 Å². The average molecular weight is 252 g/mol. The monoisotopic (exact) mass is 252 g/mol. The molecule has 0 amide bonds. The average Bonchev–Trinajstić information content (AvgIpc) is 2.41. The summed E-state index contributed by atoms with van der Waals surface area (Å²) < 4.78 is 0. The van der Waals surface area contributed by atoms with Gasteiger partial charge in [0.2, 0.25) is 0 Å². The van der Waals surface area contributed by atoms with E-state index >= 15 is 0 Å². The molecule has 18 heavy (non-hydrogen) atoms. The van der Waals surface area contributed by atoms with E-state index in [1.807, 2.05) is 0 Å². The molecule has 0 aliphatic heterocycles. The third-order valence-corrected chi connectivity index (χ3v) is 5.12. The minimum absolute atomic E-state index is 0.125. The lowest BCUT2D eigenvalue weighted by atomic mass is 9.75. The number of hydrogen-bond donors (Lipinski definition) is 1. The van der Waals surface area contributed by atoms with E-state index in [-0.39, 0.29) is 5.78 Å². The lowest BCUT2D eigenvalue weighted by Crippen LogP contribution is -2.42. The van der Waals surface area contributed by atoms with Crippen molar-refractivity contribution in [2.75, 3.05) is 0 Å². The zero-order chi connectivity index (χ0) is 13.0. The second-order valence-corrected chi connectivity index (χ2v) is 6.68. The topological polar surface area (TPSA) is 37.3 Å². The minimum Gasteiger partial charge on any atom is -0.382 e. The van der Waals surface area contributed by atoms with Gasteiger partial charge >= 0.3 is 0 Å². The Bertz CT molecular complexity index is 271. The Hall–Kier alpha value is -0.370. The van der Waals surface area contributed by atoms with E-state index in [0.717, 1.165) is 25.2 Å². The van der Waals surface area contributed by atoms with Gasteiger partial charge in [0, 0.05) is 6.42 Å². The molecule has 2 nitrogen and oxygen atoms in total. The van der Waals surface area contributed by atoms with Crippen LogP contribution < -0.4 is 0 Å². The highest BCUT2D eigenvalue weighted by Gasteiger charge is 2.38. The maximum Gasteiger partial charge on any atom is 0.164 e. The SMILES string of the molecule is CC1CCC(O)(C(=O)CCC2CCCCC2)CC1. The number of carbonyl (C=O) groups is 1. The van der Waals surface area contributed by atoms with E-state index in [0.29, 0.717) is 25.2 Å². The van der Waals surface area contributed by atoms with Crippen molar-refractivity contribution in [2.24, 2.45) is 11.8 Å². The highest BCUT2D eigenvalue weighted by Crippen LogP contribution is 2.34. The van der Waals surface area contributed by atoms with Crippen LogP contribution in [-0.4, -0.2) is 16.5 Å². The fourth-order valence-corrected chi connectivity index (χ4v) is 3.56. The number of carbonyl (C=O) groups excluding carboxylic acids is 1. The first-order chi connectivity index (χ1) is 8.60. The molecule has 104 valence electrons. The first kappa shape index (κ1) is 14.0. The smallest absolute Gasteiger partial charge is 0.164 e. The van der Waals surface area contributed by atoms with Gasteiger partial charge in [0.25, 0.3) is 0 Å². The van der Waals surface area contributed by atoms with Crippen LogP contribution in [-0.2, 0) is 4.79 Å². The van der Waals surface area contributed by atoms with Crippen LogP contribution >= 0.6 is 0 Å². The zero-order valence-electron chi connectivity index (χ0n) is 11.8. The van der Waals surface area contributed by atoms with Crippen LogP contribution in [0.2, 0.25) is 0 Å². The molecule has 0 atom stereocenters. The van der Waals surface area contributed by atoms with Gasteiger partial charge < -0.3 is 5.11 Å². The quantitative estimate of drug-likeness (QED) is 0.825. The van der Waals surface area contributed by atoms with Gasteiger partial charge in [-0.1, -0.05) is 39.0 Å². The van der Waals surface area contributed by atoms with Crippen LogP contribution in [0.3, 0.4) is 0 Å². The van der Waals surface area contributed by atoms with E-state index < -0.39 is 5.60 Å². The maximum absolute atomic E-state index is 12.2. The summed E-state index contributed by atoms with van der Waals surface area (Å²) in [5, 5.41) is 10.4. The van der Waals surface area contributed by atoms with Crippen molar-refractivity contribution >= 4 is 5.78 Å². The van der Waals surface area contributed by atoms with Crippen molar-refractivity contribution in [1.82, 2.24) is 0 Å². The van der Waals surface area contributed by atoms with Gasteiger partial charge in [-0.3, -0.25) is 4.79 Å². The lowest BCUT2D eigenvalue weighted by molar-refractivity contribution is -0.141. The van der Waals surface area contributed by atoms with Gasteiger partial charge in [-0.2, -0.15) is 0 Å². The number of ketones is 1. The van der Waals surface area contributed by atoms with E-state index in [1.165, 1.54) is 32.1 Å². The van der Waals surface area contributed by atoms with Gasteiger partial charge in [-0.15, -0.1) is 0 Å². The Morgan fingerprint density at radius 2 is 1.72 bits per heavy atom. The molecule has 0 unspecified atom stereocenters. The molecule has 2 aliphatic carbocycles. The van der Waals surface area contributed by atoms with E-state index in [2.05, 4.69) is 6.92 Å². The summed E-state index contributed by atoms with van der Waals surface area (Å²) in [5.74, 6) is 1.55. The molecule has 0 aromatic heterocycles. The van der Waals surface area contributed by atoms with Gasteiger partial charge in [0.1, 0.15) is 5.60 Å². The maximum atomic E-state index is 12.2. The molecule has 2 rings (SSSR count). The number of aliphatic hydroxyl groups is 1. The van der Waals surface area contributed by atoms with Crippen molar-refractivity contribution in [3.8, 4) is 0 Å². The van der Waals surface area contributed by atoms with Crippen LogP contribution in [0.5, 0.6) is 0 Å². The molecular weight excluding hydrogens is 224 g/mol. The van der Waals surface area contributed by atoms with Crippen molar-refractivity contribution in [2.45, 2.75) is 83.2 Å². The van der Waals surface area contributed by atoms with Crippen molar-refractivity contribution < 1.29 is 9.90 Å². The second-order valence-electron chi connectivity index (χ2n) is 6.68. The van der Waals surface area contributed by atoms with E-state index in [1.54, 1.807) is 0 Å². The Balaban J connectivity index is 1.76. The summed E-state index contributed by atoms with van der Waals surface area (Å²) in [6.07, 6.45) is 11.6. The number of Topliss-reactive ketones (excluding diaryl/α,β-unsaturated/α-hetero) is 1. The Labute approximate surface area is 111 Å². The van der Waals surface area contributed by atoms with Crippen molar-refractivity contribution in [1.29, 1.82) is 0 Å². The lowest BCUT2D eigenvalue weighted by Gasteiger charge is -2.34. The summed E-state index contributed by atoms with van der Waals surface area (Å²) in [5.41, 5.74) is -0.971. The molecule has 1 N–H and O–H groups in total. The predicted molar refractivity (Wildman–Crippen MR) is 73.4 cm³/mol. The van der Waals surface area contributed by atoms with E-state index in [9.17, 15) is 9.90 Å². The van der Waals surface area contributed by atoms with Gasteiger partial charge in [0.05, 0.1) is 0 Å². The molecule has 2 fully saturated rings. The fourth-order valence-electron chi connectivity index (χ4n) is 3.56. The molecule has 0 saturated heterocycles. The van der Waals surface area contributed by atoms with Crippen LogP contribution in [0.1, 0.15) is 77.6 Å². The third-order valence-electron chi connectivity index (χ3n) is 5.12.